The Hall–Kier alpha value is -2.02. The Labute approximate surface area is 132 Å². The van der Waals surface area contributed by atoms with Crippen LogP contribution in [0.25, 0.3) is 11.1 Å². The van der Waals surface area contributed by atoms with Crippen molar-refractivity contribution in [1.29, 1.82) is 10.5 Å². The lowest BCUT2D eigenvalue weighted by Crippen LogP contribution is -1.97. The highest BCUT2D eigenvalue weighted by Crippen LogP contribution is 2.41. The monoisotopic (exact) mass is 390 g/mol. The van der Waals surface area contributed by atoms with Crippen LogP contribution in [-0.2, 0) is 0 Å². The van der Waals surface area contributed by atoms with Gasteiger partial charge in [0, 0.05) is 21.3 Å². The van der Waals surface area contributed by atoms with E-state index in [0.717, 1.165) is 0 Å². The number of anilines is 2. The van der Waals surface area contributed by atoms with Gasteiger partial charge in [0.25, 0.3) is 0 Å². The van der Waals surface area contributed by atoms with E-state index in [0.29, 0.717) is 42.6 Å². The van der Waals surface area contributed by atoms with Crippen molar-refractivity contribution in [3.8, 4) is 23.3 Å². The van der Waals surface area contributed by atoms with Crippen LogP contribution in [0.5, 0.6) is 0 Å². The second-order valence-corrected chi connectivity index (χ2v) is 5.68. The Balaban J connectivity index is 2.91. The van der Waals surface area contributed by atoms with Crippen molar-refractivity contribution in [2.45, 2.75) is 0 Å². The third-order valence-electron chi connectivity index (χ3n) is 2.81. The second-order valence-electron chi connectivity index (χ2n) is 4.04. The SMILES string of the molecule is N#Cc1ccc(N)cc1-c1c(C#N)cc(Br)c(N)c1Br. The molecular weight excluding hydrogens is 384 g/mol. The molecule has 2 rings (SSSR count). The number of hydrogen-bond acceptors (Lipinski definition) is 4. The molecule has 0 aliphatic rings. The highest BCUT2D eigenvalue weighted by Gasteiger charge is 2.18. The van der Waals surface area contributed by atoms with E-state index in [9.17, 15) is 10.5 Å². The fourth-order valence-electron chi connectivity index (χ4n) is 1.85. The maximum absolute atomic E-state index is 9.31. The van der Waals surface area contributed by atoms with Crippen LogP contribution in [0.2, 0.25) is 0 Å². The minimum absolute atomic E-state index is 0.403. The molecular formula is C14H8Br2N4. The first-order valence-corrected chi connectivity index (χ1v) is 7.05. The van der Waals surface area contributed by atoms with Gasteiger partial charge in [-0.3, -0.25) is 0 Å². The van der Waals surface area contributed by atoms with Crippen LogP contribution in [0.3, 0.4) is 0 Å². The molecule has 98 valence electrons. The lowest BCUT2D eigenvalue weighted by molar-refractivity contribution is 1.43. The van der Waals surface area contributed by atoms with Crippen molar-refractivity contribution in [2.75, 3.05) is 11.5 Å². The van der Waals surface area contributed by atoms with Gasteiger partial charge in [-0.15, -0.1) is 0 Å². The molecule has 0 bridgehead atoms. The maximum Gasteiger partial charge on any atom is 0.0999 e. The van der Waals surface area contributed by atoms with Gasteiger partial charge in [-0.25, -0.2) is 0 Å². The first-order chi connectivity index (χ1) is 9.49. The summed E-state index contributed by atoms with van der Waals surface area (Å²) in [6.07, 6.45) is 0. The number of nitrogens with two attached hydrogens (primary N) is 2. The maximum atomic E-state index is 9.31. The highest BCUT2D eigenvalue weighted by atomic mass is 79.9. The van der Waals surface area contributed by atoms with Gasteiger partial charge in [0.1, 0.15) is 0 Å². The van der Waals surface area contributed by atoms with Gasteiger partial charge in [0.15, 0.2) is 0 Å². The van der Waals surface area contributed by atoms with Crippen molar-refractivity contribution in [3.63, 3.8) is 0 Å². The van der Waals surface area contributed by atoms with E-state index in [2.05, 4.69) is 44.0 Å². The molecule has 0 heterocycles. The van der Waals surface area contributed by atoms with Gasteiger partial charge < -0.3 is 11.5 Å². The van der Waals surface area contributed by atoms with E-state index in [1.54, 1.807) is 24.3 Å². The standard InChI is InChI=1S/C14H8Br2N4/c15-11-3-8(6-18)12(13(16)14(11)20)10-4-9(19)2-1-7(10)5-17/h1-4H,19-20H2. The van der Waals surface area contributed by atoms with Crippen LogP contribution in [0.15, 0.2) is 33.2 Å². The average Bonchev–Trinajstić information content (AvgIpc) is 2.44. The number of nitriles is 2. The molecule has 20 heavy (non-hydrogen) atoms. The zero-order valence-electron chi connectivity index (χ0n) is 10.1. The predicted molar refractivity (Wildman–Crippen MR) is 85.5 cm³/mol. The number of benzene rings is 2. The third kappa shape index (κ3) is 2.36. The normalized spacial score (nSPS) is 9.80. The van der Waals surface area contributed by atoms with Crippen molar-refractivity contribution in [3.05, 3.63) is 44.3 Å². The summed E-state index contributed by atoms with van der Waals surface area (Å²) in [7, 11) is 0. The summed E-state index contributed by atoms with van der Waals surface area (Å²) >= 11 is 6.69. The molecule has 0 aliphatic carbocycles. The topological polar surface area (TPSA) is 99.6 Å². The van der Waals surface area contributed by atoms with Gasteiger partial charge in [-0.1, -0.05) is 0 Å². The lowest BCUT2D eigenvalue weighted by Gasteiger charge is -2.13. The molecule has 2 aromatic rings. The third-order valence-corrected chi connectivity index (χ3v) is 4.29. The zero-order chi connectivity index (χ0) is 14.9. The van der Waals surface area contributed by atoms with Crippen molar-refractivity contribution in [1.82, 2.24) is 0 Å². The zero-order valence-corrected chi connectivity index (χ0v) is 13.3. The van der Waals surface area contributed by atoms with Crippen LogP contribution >= 0.6 is 31.9 Å². The van der Waals surface area contributed by atoms with E-state index in [1.165, 1.54) is 0 Å². The van der Waals surface area contributed by atoms with Crippen molar-refractivity contribution < 1.29 is 0 Å². The van der Waals surface area contributed by atoms with Crippen molar-refractivity contribution >= 4 is 43.2 Å². The smallest absolute Gasteiger partial charge is 0.0999 e. The summed E-state index contributed by atoms with van der Waals surface area (Å²) in [5.74, 6) is 0. The molecule has 0 radical (unpaired) electrons. The number of rotatable bonds is 1. The largest absolute Gasteiger partial charge is 0.399 e. The highest BCUT2D eigenvalue weighted by molar-refractivity contribution is 9.11. The van der Waals surface area contributed by atoms with Gasteiger partial charge in [0.2, 0.25) is 0 Å². The van der Waals surface area contributed by atoms with Crippen LogP contribution in [0, 0.1) is 22.7 Å². The van der Waals surface area contributed by atoms with Crippen LogP contribution < -0.4 is 11.5 Å². The molecule has 0 unspecified atom stereocenters. The minimum atomic E-state index is 0.403. The molecule has 0 saturated heterocycles. The Morgan fingerprint density at radius 3 is 2.20 bits per heavy atom. The second kappa shape index (κ2) is 5.54. The summed E-state index contributed by atoms with van der Waals surface area (Å²) in [6.45, 7) is 0. The van der Waals surface area contributed by atoms with Crippen LogP contribution in [-0.4, -0.2) is 0 Å². The minimum Gasteiger partial charge on any atom is -0.399 e. The molecule has 6 heteroatoms. The molecule has 2 aromatic carbocycles. The van der Waals surface area contributed by atoms with Crippen LogP contribution in [0.4, 0.5) is 11.4 Å². The number of nitrogen functional groups attached to an aromatic ring is 2. The molecule has 4 nitrogen and oxygen atoms in total. The van der Waals surface area contributed by atoms with E-state index < -0.39 is 0 Å². The van der Waals surface area contributed by atoms with E-state index in [1.807, 2.05) is 0 Å². The fraction of sp³-hybridized carbons (Fsp3) is 0. The molecule has 0 aliphatic heterocycles. The molecule has 0 spiro atoms. The van der Waals surface area contributed by atoms with Gasteiger partial charge in [-0.2, -0.15) is 10.5 Å². The first-order valence-electron chi connectivity index (χ1n) is 5.47. The van der Waals surface area contributed by atoms with Gasteiger partial charge in [0.05, 0.1) is 33.4 Å². The molecule has 0 aromatic heterocycles. The summed E-state index contributed by atoms with van der Waals surface area (Å²) < 4.78 is 1.18. The summed E-state index contributed by atoms with van der Waals surface area (Å²) in [6, 6.07) is 10.8. The Morgan fingerprint density at radius 2 is 1.60 bits per heavy atom. The van der Waals surface area contributed by atoms with E-state index in [4.69, 9.17) is 11.5 Å². The lowest BCUT2D eigenvalue weighted by atomic mass is 9.95. The Bertz CT molecular complexity index is 785. The first kappa shape index (κ1) is 14.4. The fourth-order valence-corrected chi connectivity index (χ4v) is 3.19. The molecule has 0 fully saturated rings. The van der Waals surface area contributed by atoms with Crippen molar-refractivity contribution in [2.24, 2.45) is 0 Å². The molecule has 0 atom stereocenters. The summed E-state index contributed by atoms with van der Waals surface area (Å²) in [5, 5.41) is 18.5. The number of nitrogens with zero attached hydrogens (tertiary/aromatic N) is 2. The van der Waals surface area contributed by atoms with Gasteiger partial charge >= 0.3 is 0 Å². The quantitative estimate of drug-likeness (QED) is 0.722. The van der Waals surface area contributed by atoms with E-state index in [-0.39, 0.29) is 0 Å². The summed E-state index contributed by atoms with van der Waals surface area (Å²) in [5.41, 5.74) is 14.7. The Kier molecular flexibility index (Phi) is 3.99. The molecule has 4 N–H and O–H groups in total. The summed E-state index contributed by atoms with van der Waals surface area (Å²) in [4.78, 5) is 0. The predicted octanol–water partition coefficient (Wildman–Crippen LogP) is 3.79. The van der Waals surface area contributed by atoms with E-state index >= 15 is 0 Å². The average molecular weight is 392 g/mol. The molecule has 0 saturated carbocycles. The number of halogens is 2. The Morgan fingerprint density at radius 1 is 0.950 bits per heavy atom. The van der Waals surface area contributed by atoms with Crippen LogP contribution in [0.1, 0.15) is 11.1 Å². The van der Waals surface area contributed by atoms with Gasteiger partial charge in [-0.05, 0) is 56.1 Å². The molecule has 0 amide bonds. The number of hydrogen-bond donors (Lipinski definition) is 2.